The largest absolute Gasteiger partial charge is 0.465 e. The van der Waals surface area contributed by atoms with Crippen LogP contribution in [0.4, 0.5) is 0 Å². The van der Waals surface area contributed by atoms with E-state index in [1.54, 1.807) is 0 Å². The van der Waals surface area contributed by atoms with E-state index in [2.05, 4.69) is 27.7 Å². The van der Waals surface area contributed by atoms with Gasteiger partial charge >= 0.3 is 5.97 Å². The van der Waals surface area contributed by atoms with E-state index in [9.17, 15) is 4.79 Å². The summed E-state index contributed by atoms with van der Waals surface area (Å²) in [6.45, 7) is 11.8. The van der Waals surface area contributed by atoms with Crippen LogP contribution in [0.5, 0.6) is 0 Å². The van der Waals surface area contributed by atoms with Gasteiger partial charge in [-0.2, -0.15) is 0 Å². The van der Waals surface area contributed by atoms with Gasteiger partial charge in [0.2, 0.25) is 0 Å². The molecule has 0 N–H and O–H groups in total. The molecule has 0 spiro atoms. The molecule has 0 aromatic rings. The molecule has 1 aliphatic rings. The quantitative estimate of drug-likeness (QED) is 0.682. The Kier molecular flexibility index (Phi) is 4.03. The van der Waals surface area contributed by atoms with E-state index in [0.717, 1.165) is 6.42 Å². The molecule has 0 amide bonds. The van der Waals surface area contributed by atoms with E-state index in [0.29, 0.717) is 18.9 Å². The van der Waals surface area contributed by atoms with Crippen molar-refractivity contribution in [3.63, 3.8) is 0 Å². The second-order valence-corrected chi connectivity index (χ2v) is 6.13. The molecule has 1 rings (SSSR count). The lowest BCUT2D eigenvalue weighted by atomic mass is 9.66. The SMILES string of the molecule is CCCC(=O)OC[C@]1(C)CC[C@@H](C)C1(C)C. The van der Waals surface area contributed by atoms with Crippen molar-refractivity contribution in [2.75, 3.05) is 6.61 Å². The zero-order valence-electron chi connectivity index (χ0n) is 11.4. The molecule has 1 saturated carbocycles. The van der Waals surface area contributed by atoms with E-state index in [-0.39, 0.29) is 16.8 Å². The van der Waals surface area contributed by atoms with Gasteiger partial charge in [0.15, 0.2) is 0 Å². The van der Waals surface area contributed by atoms with Crippen LogP contribution in [-0.4, -0.2) is 12.6 Å². The molecule has 16 heavy (non-hydrogen) atoms. The van der Waals surface area contributed by atoms with Crippen molar-refractivity contribution < 1.29 is 9.53 Å². The van der Waals surface area contributed by atoms with Gasteiger partial charge in [-0.1, -0.05) is 34.6 Å². The lowest BCUT2D eigenvalue weighted by Crippen LogP contribution is -2.37. The van der Waals surface area contributed by atoms with E-state index >= 15 is 0 Å². The average Bonchev–Trinajstić information content (AvgIpc) is 2.41. The van der Waals surface area contributed by atoms with Crippen LogP contribution in [0.1, 0.15) is 60.3 Å². The molecule has 0 saturated heterocycles. The Morgan fingerprint density at radius 3 is 2.44 bits per heavy atom. The fourth-order valence-corrected chi connectivity index (χ4v) is 2.59. The van der Waals surface area contributed by atoms with E-state index in [1.807, 2.05) is 6.92 Å². The van der Waals surface area contributed by atoms with E-state index < -0.39 is 0 Å². The highest BCUT2D eigenvalue weighted by Crippen LogP contribution is 2.55. The van der Waals surface area contributed by atoms with Crippen LogP contribution in [-0.2, 0) is 9.53 Å². The standard InChI is InChI=1S/C14H26O2/c1-6-7-12(15)16-10-14(5)9-8-11(2)13(14,3)4/h11H,6-10H2,1-5H3/t11-,14+/m1/s1. The first-order chi connectivity index (χ1) is 7.33. The van der Waals surface area contributed by atoms with Gasteiger partial charge in [0.25, 0.3) is 0 Å². The van der Waals surface area contributed by atoms with Crippen molar-refractivity contribution in [3.8, 4) is 0 Å². The van der Waals surface area contributed by atoms with Crippen LogP contribution in [0.2, 0.25) is 0 Å². The number of carbonyl (C=O) groups is 1. The number of hydrogen-bond donors (Lipinski definition) is 0. The first-order valence-electron chi connectivity index (χ1n) is 6.49. The number of rotatable bonds is 4. The molecule has 0 heterocycles. The number of hydrogen-bond acceptors (Lipinski definition) is 2. The van der Waals surface area contributed by atoms with Gasteiger partial charge in [-0.25, -0.2) is 0 Å². The lowest BCUT2D eigenvalue weighted by Gasteiger charge is -2.40. The maximum Gasteiger partial charge on any atom is 0.305 e. The molecule has 0 aromatic heterocycles. The van der Waals surface area contributed by atoms with Crippen LogP contribution in [0, 0.1) is 16.7 Å². The molecule has 2 nitrogen and oxygen atoms in total. The molecule has 94 valence electrons. The Morgan fingerprint density at radius 2 is 2.00 bits per heavy atom. The minimum Gasteiger partial charge on any atom is -0.465 e. The van der Waals surface area contributed by atoms with Gasteiger partial charge < -0.3 is 4.74 Å². The first-order valence-corrected chi connectivity index (χ1v) is 6.49. The van der Waals surface area contributed by atoms with Crippen molar-refractivity contribution in [3.05, 3.63) is 0 Å². The van der Waals surface area contributed by atoms with Crippen molar-refractivity contribution in [2.45, 2.75) is 60.3 Å². The molecule has 0 aromatic carbocycles. The topological polar surface area (TPSA) is 26.3 Å². The predicted octanol–water partition coefficient (Wildman–Crippen LogP) is 3.79. The lowest BCUT2D eigenvalue weighted by molar-refractivity contribution is -0.149. The average molecular weight is 226 g/mol. The van der Waals surface area contributed by atoms with E-state index in [1.165, 1.54) is 12.8 Å². The van der Waals surface area contributed by atoms with Crippen LogP contribution in [0.25, 0.3) is 0 Å². The third kappa shape index (κ3) is 2.41. The van der Waals surface area contributed by atoms with Gasteiger partial charge in [-0.15, -0.1) is 0 Å². The van der Waals surface area contributed by atoms with Crippen LogP contribution >= 0.6 is 0 Å². The summed E-state index contributed by atoms with van der Waals surface area (Å²) in [7, 11) is 0. The van der Waals surface area contributed by atoms with Crippen molar-refractivity contribution in [1.82, 2.24) is 0 Å². The van der Waals surface area contributed by atoms with Gasteiger partial charge in [-0.3, -0.25) is 4.79 Å². The fraction of sp³-hybridized carbons (Fsp3) is 0.929. The molecule has 2 atom stereocenters. The maximum atomic E-state index is 11.4. The number of esters is 1. The zero-order chi connectivity index (χ0) is 12.4. The summed E-state index contributed by atoms with van der Waals surface area (Å²) in [4.78, 5) is 11.4. The van der Waals surface area contributed by atoms with Gasteiger partial charge in [0.05, 0.1) is 6.61 Å². The molecule has 1 fully saturated rings. The fourth-order valence-electron chi connectivity index (χ4n) is 2.59. The number of carbonyl (C=O) groups excluding carboxylic acids is 1. The van der Waals surface area contributed by atoms with Gasteiger partial charge in [0.1, 0.15) is 0 Å². The highest BCUT2D eigenvalue weighted by atomic mass is 16.5. The zero-order valence-corrected chi connectivity index (χ0v) is 11.4. The summed E-state index contributed by atoms with van der Waals surface area (Å²) >= 11 is 0. The molecular weight excluding hydrogens is 200 g/mol. The van der Waals surface area contributed by atoms with Crippen LogP contribution < -0.4 is 0 Å². The predicted molar refractivity (Wildman–Crippen MR) is 66.2 cm³/mol. The minimum atomic E-state index is -0.0425. The Labute approximate surface area is 99.8 Å². The summed E-state index contributed by atoms with van der Waals surface area (Å²) in [6.07, 6.45) is 3.83. The Balaban J connectivity index is 2.56. The van der Waals surface area contributed by atoms with Gasteiger partial charge in [0, 0.05) is 11.8 Å². The Bertz CT molecular complexity index is 257. The monoisotopic (exact) mass is 226 g/mol. The van der Waals surface area contributed by atoms with E-state index in [4.69, 9.17) is 4.74 Å². The molecule has 0 bridgehead atoms. The molecule has 0 radical (unpaired) electrons. The smallest absolute Gasteiger partial charge is 0.305 e. The summed E-state index contributed by atoms with van der Waals surface area (Å²) in [5.41, 5.74) is 0.412. The third-order valence-electron chi connectivity index (χ3n) is 4.92. The molecule has 1 aliphatic carbocycles. The first kappa shape index (κ1) is 13.5. The molecular formula is C14H26O2. The Morgan fingerprint density at radius 1 is 1.38 bits per heavy atom. The number of ether oxygens (including phenoxy) is 1. The van der Waals surface area contributed by atoms with Crippen LogP contribution in [0.3, 0.4) is 0 Å². The maximum absolute atomic E-state index is 11.4. The highest BCUT2D eigenvalue weighted by molar-refractivity contribution is 5.69. The Hall–Kier alpha value is -0.530. The van der Waals surface area contributed by atoms with Crippen molar-refractivity contribution >= 4 is 5.97 Å². The second-order valence-electron chi connectivity index (χ2n) is 6.13. The normalized spacial score (nSPS) is 32.7. The molecule has 0 aliphatic heterocycles. The molecule has 2 heteroatoms. The van der Waals surface area contributed by atoms with Crippen LogP contribution in [0.15, 0.2) is 0 Å². The summed E-state index contributed by atoms with van der Waals surface area (Å²) in [5.74, 6) is 0.668. The summed E-state index contributed by atoms with van der Waals surface area (Å²) in [5, 5.41) is 0. The molecule has 0 unspecified atom stereocenters. The summed E-state index contributed by atoms with van der Waals surface area (Å²) < 4.78 is 5.41. The summed E-state index contributed by atoms with van der Waals surface area (Å²) in [6, 6.07) is 0. The van der Waals surface area contributed by atoms with Crippen molar-refractivity contribution in [1.29, 1.82) is 0 Å². The highest BCUT2D eigenvalue weighted by Gasteiger charge is 2.50. The second kappa shape index (κ2) is 4.77. The minimum absolute atomic E-state index is 0.0425. The van der Waals surface area contributed by atoms with Gasteiger partial charge in [-0.05, 0) is 30.6 Å². The third-order valence-corrected chi connectivity index (χ3v) is 4.92. The van der Waals surface area contributed by atoms with Crippen molar-refractivity contribution in [2.24, 2.45) is 16.7 Å².